The summed E-state index contributed by atoms with van der Waals surface area (Å²) >= 11 is 0. The third-order valence-electron chi connectivity index (χ3n) is 6.29. The van der Waals surface area contributed by atoms with Gasteiger partial charge in [0, 0.05) is 25.9 Å². The zero-order valence-corrected chi connectivity index (χ0v) is 21.5. The molecule has 0 bridgehead atoms. The van der Waals surface area contributed by atoms with Gasteiger partial charge in [0.05, 0.1) is 7.11 Å². The molecule has 0 saturated carbocycles. The van der Waals surface area contributed by atoms with Gasteiger partial charge in [0.15, 0.2) is 0 Å². The minimum atomic E-state index is 0.0480. The molecule has 5 heteroatoms. The number of methoxy groups -OCH3 is 1. The molecule has 0 aliphatic heterocycles. The van der Waals surface area contributed by atoms with Crippen LogP contribution in [0, 0.1) is 0 Å². The summed E-state index contributed by atoms with van der Waals surface area (Å²) in [4.78, 5) is 24.2. The van der Waals surface area contributed by atoms with Gasteiger partial charge in [0.1, 0.15) is 5.75 Å². The second-order valence-electron chi connectivity index (χ2n) is 8.72. The van der Waals surface area contributed by atoms with Crippen LogP contribution in [0.4, 0.5) is 0 Å². The molecular weight excluding hydrogens is 424 g/mol. The zero-order chi connectivity index (χ0) is 24.8. The molecule has 0 fully saturated rings. The number of amides is 2. The van der Waals surface area contributed by atoms with Gasteiger partial charge < -0.3 is 15.4 Å². The Hall–Kier alpha value is -2.82. The van der Waals surface area contributed by atoms with Crippen LogP contribution >= 0.6 is 0 Å². The van der Waals surface area contributed by atoms with Crippen LogP contribution in [0.3, 0.4) is 0 Å². The lowest BCUT2D eigenvalue weighted by Gasteiger charge is -2.10. The minimum absolute atomic E-state index is 0.0480. The van der Waals surface area contributed by atoms with Crippen molar-refractivity contribution in [2.24, 2.45) is 0 Å². The summed E-state index contributed by atoms with van der Waals surface area (Å²) < 4.78 is 5.37. The third kappa shape index (κ3) is 9.20. The molecule has 0 aliphatic carbocycles. The van der Waals surface area contributed by atoms with Crippen molar-refractivity contribution in [1.29, 1.82) is 0 Å². The van der Waals surface area contributed by atoms with Crippen molar-refractivity contribution in [3.05, 3.63) is 64.2 Å². The number of ether oxygens (including phenoxy) is 1. The first kappa shape index (κ1) is 27.4. The number of nitrogens with one attached hydrogen (secondary N) is 2. The number of carbonyl (C=O) groups excluding carboxylic acids is 2. The molecule has 34 heavy (non-hydrogen) atoms. The predicted octanol–water partition coefficient (Wildman–Crippen LogP) is 4.96. The fourth-order valence-corrected chi connectivity index (χ4v) is 4.21. The van der Waals surface area contributed by atoms with Crippen molar-refractivity contribution in [2.45, 2.75) is 78.6 Å². The van der Waals surface area contributed by atoms with Crippen molar-refractivity contribution in [3.8, 4) is 5.75 Å². The first-order chi connectivity index (χ1) is 16.5. The van der Waals surface area contributed by atoms with E-state index in [1.54, 1.807) is 7.11 Å². The largest absolute Gasteiger partial charge is 0.496 e. The summed E-state index contributed by atoms with van der Waals surface area (Å²) in [6.07, 6.45) is 7.03. The Morgan fingerprint density at radius 2 is 1.21 bits per heavy atom. The number of benzene rings is 2. The number of hydrogen-bond donors (Lipinski definition) is 2. The molecule has 0 unspecified atom stereocenters. The lowest BCUT2D eigenvalue weighted by Crippen LogP contribution is -2.26. The van der Waals surface area contributed by atoms with Gasteiger partial charge in [-0.3, -0.25) is 9.59 Å². The number of aryl methyl sites for hydroxylation is 3. The molecule has 2 aromatic rings. The Morgan fingerprint density at radius 1 is 0.706 bits per heavy atom. The molecule has 0 aliphatic rings. The summed E-state index contributed by atoms with van der Waals surface area (Å²) in [5, 5.41) is 5.99. The molecule has 2 aromatic carbocycles. The Balaban J connectivity index is 1.57. The normalized spacial score (nSPS) is 10.7. The summed E-state index contributed by atoms with van der Waals surface area (Å²) in [6.45, 7) is 7.75. The zero-order valence-electron chi connectivity index (χ0n) is 21.5. The number of unbranched alkanes of at least 4 members (excludes halogenated alkanes) is 1. The highest BCUT2D eigenvalue weighted by atomic mass is 16.5. The highest BCUT2D eigenvalue weighted by Gasteiger charge is 2.07. The number of hydrogen-bond acceptors (Lipinski definition) is 3. The van der Waals surface area contributed by atoms with E-state index in [1.807, 2.05) is 12.1 Å². The van der Waals surface area contributed by atoms with Crippen LogP contribution in [0.2, 0.25) is 0 Å². The van der Waals surface area contributed by atoms with Gasteiger partial charge in [-0.25, -0.2) is 0 Å². The maximum absolute atomic E-state index is 12.1. The van der Waals surface area contributed by atoms with E-state index < -0.39 is 0 Å². The van der Waals surface area contributed by atoms with Crippen LogP contribution in [0.1, 0.15) is 74.3 Å². The van der Waals surface area contributed by atoms with Crippen molar-refractivity contribution in [1.82, 2.24) is 10.6 Å². The maximum Gasteiger partial charge on any atom is 0.220 e. The monoisotopic (exact) mass is 466 g/mol. The Bertz CT molecular complexity index is 848. The standard InChI is InChI=1S/C29H42N2O3/c1-5-24-14-12-22(20-25(24)6-2)16-18-30-28(32)10-8-9-11-29(33)31-19-17-23-13-15-27(34-4)26(7-3)21-23/h12-15,20-21H,5-11,16-19H2,1-4H3,(H,30,32)(H,31,33). The first-order valence-corrected chi connectivity index (χ1v) is 12.8. The lowest BCUT2D eigenvalue weighted by molar-refractivity contribution is -0.123. The maximum atomic E-state index is 12.1. The van der Waals surface area contributed by atoms with E-state index in [-0.39, 0.29) is 11.8 Å². The summed E-state index contributed by atoms with van der Waals surface area (Å²) in [5.41, 5.74) is 6.46. The van der Waals surface area contributed by atoms with E-state index in [4.69, 9.17) is 4.74 Å². The SMILES string of the molecule is CCc1ccc(CCNC(=O)CCCCC(=O)NCCc2ccc(OC)c(CC)c2)cc1CC. The molecule has 2 N–H and O–H groups in total. The van der Waals surface area contributed by atoms with Crippen LogP contribution in [0.5, 0.6) is 5.75 Å². The van der Waals surface area contributed by atoms with Gasteiger partial charge in [-0.1, -0.05) is 51.1 Å². The van der Waals surface area contributed by atoms with Gasteiger partial charge in [0.2, 0.25) is 11.8 Å². The first-order valence-electron chi connectivity index (χ1n) is 12.8. The number of carbonyl (C=O) groups is 2. The third-order valence-corrected chi connectivity index (χ3v) is 6.29. The van der Waals surface area contributed by atoms with Gasteiger partial charge in [-0.2, -0.15) is 0 Å². The summed E-state index contributed by atoms with van der Waals surface area (Å²) in [5.74, 6) is 1.02. The predicted molar refractivity (Wildman–Crippen MR) is 139 cm³/mol. The van der Waals surface area contributed by atoms with E-state index in [9.17, 15) is 9.59 Å². The summed E-state index contributed by atoms with van der Waals surface area (Å²) in [6, 6.07) is 12.8. The molecule has 0 aromatic heterocycles. The van der Waals surface area contributed by atoms with Crippen LogP contribution in [0.25, 0.3) is 0 Å². The van der Waals surface area contributed by atoms with Crippen molar-refractivity contribution < 1.29 is 14.3 Å². The molecule has 0 saturated heterocycles. The molecule has 0 radical (unpaired) electrons. The Morgan fingerprint density at radius 3 is 1.71 bits per heavy atom. The van der Waals surface area contributed by atoms with E-state index in [0.717, 1.165) is 50.7 Å². The molecule has 0 heterocycles. The van der Waals surface area contributed by atoms with Crippen LogP contribution in [-0.4, -0.2) is 32.0 Å². The van der Waals surface area contributed by atoms with Crippen molar-refractivity contribution in [3.63, 3.8) is 0 Å². The van der Waals surface area contributed by atoms with Gasteiger partial charge >= 0.3 is 0 Å². The fourth-order valence-electron chi connectivity index (χ4n) is 4.21. The molecule has 186 valence electrons. The van der Waals surface area contributed by atoms with Crippen molar-refractivity contribution in [2.75, 3.05) is 20.2 Å². The molecule has 5 nitrogen and oxygen atoms in total. The van der Waals surface area contributed by atoms with Crippen LogP contribution in [0.15, 0.2) is 36.4 Å². The summed E-state index contributed by atoms with van der Waals surface area (Å²) in [7, 11) is 1.69. The van der Waals surface area contributed by atoms with Crippen LogP contribution < -0.4 is 15.4 Å². The van der Waals surface area contributed by atoms with E-state index in [1.165, 1.54) is 27.8 Å². The smallest absolute Gasteiger partial charge is 0.220 e. The molecule has 0 atom stereocenters. The highest BCUT2D eigenvalue weighted by Crippen LogP contribution is 2.20. The molecule has 2 amide bonds. The average molecular weight is 467 g/mol. The van der Waals surface area contributed by atoms with Crippen molar-refractivity contribution >= 4 is 11.8 Å². The molecule has 0 spiro atoms. The second-order valence-corrected chi connectivity index (χ2v) is 8.72. The lowest BCUT2D eigenvalue weighted by atomic mass is 9.99. The van der Waals surface area contributed by atoms with Gasteiger partial charge in [-0.05, 0) is 78.8 Å². The second kappa shape index (κ2) is 15.2. The number of rotatable bonds is 15. The minimum Gasteiger partial charge on any atom is -0.496 e. The van der Waals surface area contributed by atoms with E-state index in [0.29, 0.717) is 25.9 Å². The Labute approximate surface area is 205 Å². The quantitative estimate of drug-likeness (QED) is 0.365. The van der Waals surface area contributed by atoms with Crippen LogP contribution in [-0.2, 0) is 41.7 Å². The fraction of sp³-hybridized carbons (Fsp3) is 0.517. The average Bonchev–Trinajstić information content (AvgIpc) is 2.86. The molecule has 2 rings (SSSR count). The van der Waals surface area contributed by atoms with E-state index in [2.05, 4.69) is 55.7 Å². The van der Waals surface area contributed by atoms with Gasteiger partial charge in [0.25, 0.3) is 0 Å². The Kier molecular flexibility index (Phi) is 12.2. The molecular formula is C29H42N2O3. The van der Waals surface area contributed by atoms with E-state index >= 15 is 0 Å². The van der Waals surface area contributed by atoms with Gasteiger partial charge in [-0.15, -0.1) is 0 Å². The topological polar surface area (TPSA) is 67.4 Å². The highest BCUT2D eigenvalue weighted by molar-refractivity contribution is 5.77.